The van der Waals surface area contributed by atoms with Gasteiger partial charge in [0.05, 0.1) is 11.3 Å². The van der Waals surface area contributed by atoms with E-state index < -0.39 is 0 Å². The Kier molecular flexibility index (Phi) is 3.94. The lowest BCUT2D eigenvalue weighted by Gasteiger charge is -2.16. The molecule has 0 bridgehead atoms. The van der Waals surface area contributed by atoms with Crippen molar-refractivity contribution in [3.8, 4) is 5.75 Å². The molecule has 0 aliphatic rings. The molecule has 5 heteroatoms. The third-order valence-electron chi connectivity index (χ3n) is 2.24. The van der Waals surface area contributed by atoms with Crippen LogP contribution in [0.3, 0.4) is 0 Å². The second kappa shape index (κ2) is 5.45. The van der Waals surface area contributed by atoms with Crippen LogP contribution in [0.1, 0.15) is 11.9 Å². The van der Waals surface area contributed by atoms with Crippen LogP contribution in [0.15, 0.2) is 41.0 Å². The molecular formula is C12H11Cl2NO2. The Morgan fingerprint density at radius 2 is 2.12 bits per heavy atom. The predicted molar refractivity (Wildman–Crippen MR) is 67.6 cm³/mol. The van der Waals surface area contributed by atoms with E-state index in [0.29, 0.717) is 28.1 Å². The van der Waals surface area contributed by atoms with Gasteiger partial charge in [-0.25, -0.2) is 0 Å². The lowest BCUT2D eigenvalue weighted by atomic mass is 10.2. The van der Waals surface area contributed by atoms with Crippen LogP contribution in [0.4, 0.5) is 0 Å². The molecule has 2 aromatic rings. The zero-order chi connectivity index (χ0) is 12.3. The van der Waals surface area contributed by atoms with E-state index in [1.807, 2.05) is 0 Å². The van der Waals surface area contributed by atoms with Gasteiger partial charge >= 0.3 is 0 Å². The van der Waals surface area contributed by atoms with Crippen LogP contribution in [0.5, 0.6) is 5.75 Å². The van der Waals surface area contributed by atoms with Gasteiger partial charge in [0.1, 0.15) is 11.5 Å². The van der Waals surface area contributed by atoms with Crippen molar-refractivity contribution < 1.29 is 9.15 Å². The highest BCUT2D eigenvalue weighted by Crippen LogP contribution is 2.31. The summed E-state index contributed by atoms with van der Waals surface area (Å²) in [6.45, 7) is 0.298. The van der Waals surface area contributed by atoms with E-state index in [1.54, 1.807) is 36.6 Å². The first-order valence-electron chi connectivity index (χ1n) is 5.06. The Morgan fingerprint density at radius 3 is 2.71 bits per heavy atom. The molecule has 1 unspecified atom stereocenters. The van der Waals surface area contributed by atoms with Crippen molar-refractivity contribution >= 4 is 23.2 Å². The molecule has 90 valence electrons. The van der Waals surface area contributed by atoms with Gasteiger partial charge in [-0.15, -0.1) is 0 Å². The smallest absolute Gasteiger partial charge is 0.168 e. The number of ether oxygens (including phenoxy) is 1. The highest BCUT2D eigenvalue weighted by Gasteiger charge is 2.15. The standard InChI is InChI=1S/C12H11Cl2NO2/c13-8-3-4-10(9(14)6-8)17-12(7-15)11-2-1-5-16-11/h1-6,12H,7,15H2. The molecular weight excluding hydrogens is 261 g/mol. The Bertz CT molecular complexity index is 485. The highest BCUT2D eigenvalue weighted by molar-refractivity contribution is 6.35. The third-order valence-corrected chi connectivity index (χ3v) is 2.77. The summed E-state index contributed by atoms with van der Waals surface area (Å²) < 4.78 is 10.9. The van der Waals surface area contributed by atoms with Gasteiger partial charge in [-0.05, 0) is 30.3 Å². The minimum atomic E-state index is -0.358. The molecule has 0 radical (unpaired) electrons. The summed E-state index contributed by atoms with van der Waals surface area (Å²) >= 11 is 11.8. The van der Waals surface area contributed by atoms with E-state index in [9.17, 15) is 0 Å². The van der Waals surface area contributed by atoms with E-state index in [-0.39, 0.29) is 6.10 Å². The van der Waals surface area contributed by atoms with Crippen molar-refractivity contribution in [2.45, 2.75) is 6.10 Å². The van der Waals surface area contributed by atoms with Crippen molar-refractivity contribution in [3.05, 3.63) is 52.4 Å². The van der Waals surface area contributed by atoms with Crippen LogP contribution in [0.2, 0.25) is 10.0 Å². The zero-order valence-electron chi connectivity index (χ0n) is 8.90. The summed E-state index contributed by atoms with van der Waals surface area (Å²) in [5.74, 6) is 1.20. The Labute approximate surface area is 109 Å². The van der Waals surface area contributed by atoms with E-state index in [2.05, 4.69) is 0 Å². The molecule has 0 spiro atoms. The fraction of sp³-hybridized carbons (Fsp3) is 0.167. The summed E-state index contributed by atoms with van der Waals surface area (Å²) in [6.07, 6.45) is 1.22. The first-order chi connectivity index (χ1) is 8.20. The minimum absolute atomic E-state index is 0.298. The van der Waals surface area contributed by atoms with Crippen molar-refractivity contribution in [3.63, 3.8) is 0 Å². The normalized spacial score (nSPS) is 12.4. The number of rotatable bonds is 4. The maximum atomic E-state index is 6.01. The lowest BCUT2D eigenvalue weighted by Crippen LogP contribution is -2.18. The van der Waals surface area contributed by atoms with Gasteiger partial charge in [0.25, 0.3) is 0 Å². The van der Waals surface area contributed by atoms with Crippen LogP contribution in [0.25, 0.3) is 0 Å². The van der Waals surface area contributed by atoms with Gasteiger partial charge < -0.3 is 14.9 Å². The maximum Gasteiger partial charge on any atom is 0.168 e. The van der Waals surface area contributed by atoms with Crippen molar-refractivity contribution in [2.24, 2.45) is 5.73 Å². The molecule has 0 saturated heterocycles. The molecule has 3 nitrogen and oxygen atoms in total. The molecule has 1 heterocycles. The number of nitrogens with two attached hydrogens (primary N) is 1. The number of halogens is 2. The SMILES string of the molecule is NCC(Oc1ccc(Cl)cc1Cl)c1ccco1. The Hall–Kier alpha value is -1.16. The number of hydrogen-bond donors (Lipinski definition) is 1. The molecule has 1 atom stereocenters. The molecule has 2 N–H and O–H groups in total. The van der Waals surface area contributed by atoms with Gasteiger partial charge in [0.2, 0.25) is 0 Å². The van der Waals surface area contributed by atoms with Crippen LogP contribution in [0, 0.1) is 0 Å². The molecule has 0 saturated carbocycles. The number of furan rings is 1. The topological polar surface area (TPSA) is 48.4 Å². The largest absolute Gasteiger partial charge is 0.480 e. The van der Waals surface area contributed by atoms with E-state index in [1.165, 1.54) is 0 Å². The van der Waals surface area contributed by atoms with Gasteiger partial charge in [-0.3, -0.25) is 0 Å². The molecule has 0 aliphatic carbocycles. The van der Waals surface area contributed by atoms with Gasteiger partial charge in [-0.2, -0.15) is 0 Å². The minimum Gasteiger partial charge on any atom is -0.480 e. The Morgan fingerprint density at radius 1 is 1.29 bits per heavy atom. The molecule has 0 amide bonds. The van der Waals surface area contributed by atoms with E-state index in [0.717, 1.165) is 0 Å². The first-order valence-corrected chi connectivity index (χ1v) is 5.81. The molecule has 17 heavy (non-hydrogen) atoms. The summed E-state index contributed by atoms with van der Waals surface area (Å²) in [7, 11) is 0. The van der Waals surface area contributed by atoms with Crippen molar-refractivity contribution in [2.75, 3.05) is 6.54 Å². The van der Waals surface area contributed by atoms with Crippen molar-refractivity contribution in [1.29, 1.82) is 0 Å². The fourth-order valence-electron chi connectivity index (χ4n) is 1.42. The molecule has 0 aliphatic heterocycles. The number of benzene rings is 1. The average molecular weight is 272 g/mol. The predicted octanol–water partition coefficient (Wildman–Crippen LogP) is 3.67. The molecule has 1 aromatic heterocycles. The average Bonchev–Trinajstić information content (AvgIpc) is 2.81. The maximum absolute atomic E-state index is 6.01. The van der Waals surface area contributed by atoms with E-state index in [4.69, 9.17) is 38.1 Å². The van der Waals surface area contributed by atoms with Crippen LogP contribution < -0.4 is 10.5 Å². The Balaban J connectivity index is 2.19. The third kappa shape index (κ3) is 2.94. The summed E-state index contributed by atoms with van der Waals surface area (Å²) in [5.41, 5.74) is 5.64. The van der Waals surface area contributed by atoms with E-state index >= 15 is 0 Å². The van der Waals surface area contributed by atoms with Crippen LogP contribution in [-0.2, 0) is 0 Å². The van der Waals surface area contributed by atoms with Crippen LogP contribution >= 0.6 is 23.2 Å². The monoisotopic (exact) mass is 271 g/mol. The summed E-state index contributed by atoms with van der Waals surface area (Å²) in [5, 5.41) is 1.01. The molecule has 0 fully saturated rings. The van der Waals surface area contributed by atoms with Gasteiger partial charge in [0, 0.05) is 11.6 Å². The fourth-order valence-corrected chi connectivity index (χ4v) is 1.87. The highest BCUT2D eigenvalue weighted by atomic mass is 35.5. The van der Waals surface area contributed by atoms with Crippen molar-refractivity contribution in [1.82, 2.24) is 0 Å². The zero-order valence-corrected chi connectivity index (χ0v) is 10.4. The second-order valence-corrected chi connectivity index (χ2v) is 4.28. The first kappa shape index (κ1) is 12.3. The lowest BCUT2D eigenvalue weighted by molar-refractivity contribution is 0.184. The van der Waals surface area contributed by atoms with Gasteiger partial charge in [0.15, 0.2) is 6.10 Å². The van der Waals surface area contributed by atoms with Gasteiger partial charge in [-0.1, -0.05) is 23.2 Å². The number of hydrogen-bond acceptors (Lipinski definition) is 3. The summed E-state index contributed by atoms with van der Waals surface area (Å²) in [4.78, 5) is 0. The molecule has 2 rings (SSSR count). The summed E-state index contributed by atoms with van der Waals surface area (Å²) in [6, 6.07) is 8.62. The van der Waals surface area contributed by atoms with Crippen LogP contribution in [-0.4, -0.2) is 6.54 Å². The molecule has 1 aromatic carbocycles. The quantitative estimate of drug-likeness (QED) is 0.923. The second-order valence-electron chi connectivity index (χ2n) is 3.43.